The lowest BCUT2D eigenvalue weighted by Crippen LogP contribution is -2.12. The summed E-state index contributed by atoms with van der Waals surface area (Å²) in [4.78, 5) is 12.0. The van der Waals surface area contributed by atoms with E-state index < -0.39 is 5.91 Å². The van der Waals surface area contributed by atoms with Gasteiger partial charge in [0, 0.05) is 10.7 Å². The molecular formula is C13H10Cl2N2O2. The zero-order chi connectivity index (χ0) is 14.0. The standard InChI is InChI=1S/C13H10Cl2N2O2/c14-7-1-3-9(12(18)5-7)13(19)17-8-2-4-11(16)10(15)6-8/h1-6,18H,16H2,(H,17,19). The van der Waals surface area contributed by atoms with Gasteiger partial charge in [-0.05, 0) is 36.4 Å². The smallest absolute Gasteiger partial charge is 0.259 e. The van der Waals surface area contributed by atoms with Crippen molar-refractivity contribution >= 4 is 40.5 Å². The van der Waals surface area contributed by atoms with Crippen LogP contribution in [-0.4, -0.2) is 11.0 Å². The minimum atomic E-state index is -0.463. The molecule has 0 saturated heterocycles. The van der Waals surface area contributed by atoms with Gasteiger partial charge in [-0.2, -0.15) is 0 Å². The molecule has 2 aromatic carbocycles. The van der Waals surface area contributed by atoms with E-state index in [-0.39, 0.29) is 11.3 Å². The van der Waals surface area contributed by atoms with E-state index in [0.29, 0.717) is 21.4 Å². The number of phenols is 1. The number of hydrogen-bond acceptors (Lipinski definition) is 3. The molecule has 0 aromatic heterocycles. The molecule has 0 atom stereocenters. The number of carbonyl (C=O) groups is 1. The van der Waals surface area contributed by atoms with Gasteiger partial charge >= 0.3 is 0 Å². The van der Waals surface area contributed by atoms with Gasteiger partial charge in [-0.3, -0.25) is 4.79 Å². The highest BCUT2D eigenvalue weighted by atomic mass is 35.5. The first-order valence-electron chi connectivity index (χ1n) is 5.32. The molecule has 4 nitrogen and oxygen atoms in total. The molecular weight excluding hydrogens is 287 g/mol. The molecule has 0 bridgehead atoms. The van der Waals surface area contributed by atoms with Gasteiger partial charge in [0.05, 0.1) is 16.3 Å². The molecule has 0 spiro atoms. The molecule has 0 radical (unpaired) electrons. The number of nitrogen functional groups attached to an aromatic ring is 1. The normalized spacial score (nSPS) is 10.2. The number of rotatable bonds is 2. The minimum absolute atomic E-state index is 0.123. The number of nitrogens with one attached hydrogen (secondary N) is 1. The van der Waals surface area contributed by atoms with Crippen LogP contribution in [0.5, 0.6) is 5.75 Å². The Morgan fingerprint density at radius 3 is 2.53 bits per heavy atom. The van der Waals surface area contributed by atoms with Crippen LogP contribution >= 0.6 is 23.2 Å². The molecule has 19 heavy (non-hydrogen) atoms. The van der Waals surface area contributed by atoms with Gasteiger partial charge in [-0.25, -0.2) is 0 Å². The van der Waals surface area contributed by atoms with Crippen LogP contribution in [0.2, 0.25) is 10.0 Å². The monoisotopic (exact) mass is 296 g/mol. The summed E-state index contributed by atoms with van der Waals surface area (Å²) < 4.78 is 0. The molecule has 98 valence electrons. The van der Waals surface area contributed by atoms with Crippen LogP contribution in [0.15, 0.2) is 36.4 Å². The predicted molar refractivity (Wildman–Crippen MR) is 76.9 cm³/mol. The number of aromatic hydroxyl groups is 1. The molecule has 0 aliphatic carbocycles. The van der Waals surface area contributed by atoms with Crippen LogP contribution in [0.25, 0.3) is 0 Å². The van der Waals surface area contributed by atoms with E-state index in [9.17, 15) is 9.90 Å². The van der Waals surface area contributed by atoms with Crippen molar-refractivity contribution in [1.82, 2.24) is 0 Å². The van der Waals surface area contributed by atoms with Gasteiger partial charge in [-0.1, -0.05) is 23.2 Å². The Kier molecular flexibility index (Phi) is 3.83. The Labute approximate surface area is 119 Å². The van der Waals surface area contributed by atoms with Crippen molar-refractivity contribution in [2.24, 2.45) is 0 Å². The second-order valence-electron chi connectivity index (χ2n) is 3.85. The maximum Gasteiger partial charge on any atom is 0.259 e. The summed E-state index contributed by atoms with van der Waals surface area (Å²) in [5.41, 5.74) is 6.60. The van der Waals surface area contributed by atoms with Gasteiger partial charge in [0.15, 0.2) is 0 Å². The van der Waals surface area contributed by atoms with Gasteiger partial charge in [0.25, 0.3) is 5.91 Å². The van der Waals surface area contributed by atoms with Crippen LogP contribution in [0.4, 0.5) is 11.4 Å². The van der Waals surface area contributed by atoms with Crippen LogP contribution < -0.4 is 11.1 Å². The SMILES string of the molecule is Nc1ccc(NC(=O)c2ccc(Cl)cc2O)cc1Cl. The third-order valence-corrected chi connectivity index (χ3v) is 3.03. The van der Waals surface area contributed by atoms with Crippen molar-refractivity contribution < 1.29 is 9.90 Å². The fourth-order valence-electron chi connectivity index (χ4n) is 1.50. The number of halogens is 2. The Bertz CT molecular complexity index is 645. The molecule has 2 rings (SSSR count). The van der Waals surface area contributed by atoms with E-state index in [2.05, 4.69) is 5.32 Å². The lowest BCUT2D eigenvalue weighted by molar-refractivity contribution is 0.102. The van der Waals surface area contributed by atoms with Crippen molar-refractivity contribution in [3.8, 4) is 5.75 Å². The molecule has 4 N–H and O–H groups in total. The molecule has 0 aliphatic heterocycles. The van der Waals surface area contributed by atoms with Crippen LogP contribution in [0.1, 0.15) is 10.4 Å². The predicted octanol–water partition coefficient (Wildman–Crippen LogP) is 3.53. The third-order valence-electron chi connectivity index (χ3n) is 2.46. The van der Waals surface area contributed by atoms with Crippen molar-refractivity contribution in [3.63, 3.8) is 0 Å². The average Bonchev–Trinajstić information content (AvgIpc) is 2.33. The lowest BCUT2D eigenvalue weighted by Gasteiger charge is -2.08. The number of carbonyl (C=O) groups excluding carboxylic acids is 1. The second kappa shape index (κ2) is 5.38. The zero-order valence-corrected chi connectivity index (χ0v) is 11.2. The fraction of sp³-hybridized carbons (Fsp3) is 0. The Hall–Kier alpha value is -1.91. The van der Waals surface area contributed by atoms with E-state index in [1.165, 1.54) is 24.3 Å². The number of phenolic OH excluding ortho intramolecular Hbond substituents is 1. The highest BCUT2D eigenvalue weighted by molar-refractivity contribution is 6.33. The first kappa shape index (κ1) is 13.5. The highest BCUT2D eigenvalue weighted by Crippen LogP contribution is 2.25. The number of benzene rings is 2. The van der Waals surface area contributed by atoms with Crippen LogP contribution in [0.3, 0.4) is 0 Å². The molecule has 0 unspecified atom stereocenters. The summed E-state index contributed by atoms with van der Waals surface area (Å²) in [6, 6.07) is 8.98. The van der Waals surface area contributed by atoms with Gasteiger partial charge in [-0.15, -0.1) is 0 Å². The van der Waals surface area contributed by atoms with E-state index >= 15 is 0 Å². The summed E-state index contributed by atoms with van der Waals surface area (Å²) in [7, 11) is 0. The third kappa shape index (κ3) is 3.10. The molecule has 0 heterocycles. The summed E-state index contributed by atoms with van der Waals surface area (Å²) in [5, 5.41) is 12.9. The van der Waals surface area contributed by atoms with Crippen LogP contribution in [-0.2, 0) is 0 Å². The van der Waals surface area contributed by atoms with E-state index in [1.54, 1.807) is 12.1 Å². The summed E-state index contributed by atoms with van der Waals surface area (Å²) in [5.74, 6) is -0.651. The molecule has 0 aliphatic rings. The number of amides is 1. The Morgan fingerprint density at radius 2 is 1.89 bits per heavy atom. The van der Waals surface area contributed by atoms with Crippen molar-refractivity contribution in [3.05, 3.63) is 52.0 Å². The average molecular weight is 297 g/mol. The largest absolute Gasteiger partial charge is 0.507 e. The molecule has 0 fully saturated rings. The first-order valence-corrected chi connectivity index (χ1v) is 6.08. The fourth-order valence-corrected chi connectivity index (χ4v) is 1.85. The Morgan fingerprint density at radius 1 is 1.16 bits per heavy atom. The van der Waals surface area contributed by atoms with Crippen molar-refractivity contribution in [2.75, 3.05) is 11.1 Å². The quantitative estimate of drug-likeness (QED) is 0.742. The first-order chi connectivity index (χ1) is 8.97. The zero-order valence-electron chi connectivity index (χ0n) is 9.65. The number of nitrogens with two attached hydrogens (primary N) is 1. The van der Waals surface area contributed by atoms with Crippen LogP contribution in [0, 0.1) is 0 Å². The van der Waals surface area contributed by atoms with Gasteiger partial charge in [0.2, 0.25) is 0 Å². The number of anilines is 2. The number of hydrogen-bond donors (Lipinski definition) is 3. The summed E-state index contributed by atoms with van der Waals surface area (Å²) in [6.45, 7) is 0. The van der Waals surface area contributed by atoms with Gasteiger partial charge in [0.1, 0.15) is 5.75 Å². The molecule has 0 saturated carbocycles. The highest BCUT2D eigenvalue weighted by Gasteiger charge is 2.12. The van der Waals surface area contributed by atoms with Crippen molar-refractivity contribution in [1.29, 1.82) is 0 Å². The molecule has 2 aromatic rings. The maximum absolute atomic E-state index is 12.0. The summed E-state index contributed by atoms with van der Waals surface area (Å²) >= 11 is 11.5. The van der Waals surface area contributed by atoms with Gasteiger partial charge < -0.3 is 16.2 Å². The van der Waals surface area contributed by atoms with E-state index in [0.717, 1.165) is 0 Å². The lowest BCUT2D eigenvalue weighted by atomic mass is 10.2. The van der Waals surface area contributed by atoms with Crippen molar-refractivity contribution in [2.45, 2.75) is 0 Å². The maximum atomic E-state index is 12.0. The second-order valence-corrected chi connectivity index (χ2v) is 4.70. The Balaban J connectivity index is 2.23. The molecule has 1 amide bonds. The molecule has 6 heteroatoms. The summed E-state index contributed by atoms with van der Waals surface area (Å²) in [6.07, 6.45) is 0. The van der Waals surface area contributed by atoms with E-state index in [1.807, 2.05) is 0 Å². The van der Waals surface area contributed by atoms with E-state index in [4.69, 9.17) is 28.9 Å². The topological polar surface area (TPSA) is 75.3 Å². The minimum Gasteiger partial charge on any atom is -0.507 e.